The fraction of sp³-hybridized carbons (Fsp3) is 0.111. The molecular weight excluding hydrogens is 200 g/mol. The van der Waals surface area contributed by atoms with Crippen LogP contribution in [0.2, 0.25) is 5.02 Å². The number of hydrogen-bond donors (Lipinski definition) is 2. The van der Waals surface area contributed by atoms with Gasteiger partial charge in [-0.1, -0.05) is 22.9 Å². The molecule has 5 heteroatoms. The van der Waals surface area contributed by atoms with Gasteiger partial charge >= 0.3 is 0 Å². The summed E-state index contributed by atoms with van der Waals surface area (Å²) in [6.07, 6.45) is 1.61. The lowest BCUT2D eigenvalue weighted by molar-refractivity contribution is 0.942. The maximum atomic E-state index is 5.88. The van der Waals surface area contributed by atoms with Crippen LogP contribution >= 0.6 is 11.6 Å². The normalized spacial score (nSPS) is 10.1. The largest absolute Gasteiger partial charge is 0.339 e. The molecule has 1 heterocycles. The van der Waals surface area contributed by atoms with Crippen molar-refractivity contribution >= 4 is 23.1 Å². The highest BCUT2D eigenvalue weighted by Gasteiger charge is 2.00. The Balaban J connectivity index is 2.28. The van der Waals surface area contributed by atoms with Crippen LogP contribution in [0.25, 0.3) is 0 Å². The molecule has 0 spiro atoms. The summed E-state index contributed by atoms with van der Waals surface area (Å²) < 4.78 is 0. The number of aryl methyl sites for hydroxylation is 1. The van der Waals surface area contributed by atoms with E-state index in [9.17, 15) is 0 Å². The Bertz CT molecular complexity index is 424. The zero-order chi connectivity index (χ0) is 9.97. The van der Waals surface area contributed by atoms with E-state index in [1.807, 2.05) is 25.1 Å². The highest BCUT2D eigenvalue weighted by molar-refractivity contribution is 6.30. The molecule has 2 aromatic rings. The molecular formula is C9H9ClN4. The summed E-state index contributed by atoms with van der Waals surface area (Å²) in [4.78, 5) is 0. The van der Waals surface area contributed by atoms with Gasteiger partial charge in [0.05, 0.1) is 6.20 Å². The van der Waals surface area contributed by atoms with E-state index in [0.717, 1.165) is 17.1 Å². The monoisotopic (exact) mass is 208 g/mol. The van der Waals surface area contributed by atoms with Gasteiger partial charge in [0.1, 0.15) is 5.82 Å². The van der Waals surface area contributed by atoms with E-state index in [1.54, 1.807) is 6.20 Å². The van der Waals surface area contributed by atoms with Gasteiger partial charge in [-0.05, 0) is 24.6 Å². The fourth-order valence-electron chi connectivity index (χ4n) is 1.13. The lowest BCUT2D eigenvalue weighted by atomic mass is 10.2. The maximum Gasteiger partial charge on any atom is 0.146 e. The third-order valence-corrected chi connectivity index (χ3v) is 2.12. The predicted octanol–water partition coefficient (Wildman–Crippen LogP) is 2.51. The first-order valence-electron chi connectivity index (χ1n) is 4.15. The second kappa shape index (κ2) is 3.67. The van der Waals surface area contributed by atoms with E-state index < -0.39 is 0 Å². The molecule has 0 fully saturated rings. The number of aromatic nitrogens is 3. The third kappa shape index (κ3) is 1.85. The maximum absolute atomic E-state index is 5.88. The van der Waals surface area contributed by atoms with Gasteiger partial charge in [0, 0.05) is 10.7 Å². The Morgan fingerprint density at radius 3 is 3.00 bits per heavy atom. The molecule has 0 saturated carbocycles. The van der Waals surface area contributed by atoms with Crippen LogP contribution in [0.3, 0.4) is 0 Å². The smallest absolute Gasteiger partial charge is 0.146 e. The SMILES string of the molecule is Cc1ccc(Cl)cc1Nc1cnn[nH]1. The molecule has 0 aliphatic carbocycles. The van der Waals surface area contributed by atoms with Crippen molar-refractivity contribution in [2.24, 2.45) is 0 Å². The zero-order valence-electron chi connectivity index (χ0n) is 7.58. The summed E-state index contributed by atoms with van der Waals surface area (Å²) in [5.41, 5.74) is 2.06. The number of nitrogens with zero attached hydrogens (tertiary/aromatic N) is 2. The highest BCUT2D eigenvalue weighted by atomic mass is 35.5. The molecule has 0 aliphatic heterocycles. The van der Waals surface area contributed by atoms with Gasteiger partial charge in [0.2, 0.25) is 0 Å². The first-order chi connectivity index (χ1) is 6.75. The van der Waals surface area contributed by atoms with Crippen molar-refractivity contribution in [3.63, 3.8) is 0 Å². The van der Waals surface area contributed by atoms with E-state index >= 15 is 0 Å². The van der Waals surface area contributed by atoms with Crippen molar-refractivity contribution < 1.29 is 0 Å². The molecule has 4 nitrogen and oxygen atoms in total. The summed E-state index contributed by atoms with van der Waals surface area (Å²) in [5, 5.41) is 13.8. The molecule has 0 amide bonds. The summed E-state index contributed by atoms with van der Waals surface area (Å²) in [7, 11) is 0. The van der Waals surface area contributed by atoms with Crippen LogP contribution in [0.15, 0.2) is 24.4 Å². The molecule has 72 valence electrons. The van der Waals surface area contributed by atoms with Crippen molar-refractivity contribution in [2.75, 3.05) is 5.32 Å². The topological polar surface area (TPSA) is 53.6 Å². The second-order valence-corrected chi connectivity index (χ2v) is 3.39. The highest BCUT2D eigenvalue weighted by Crippen LogP contribution is 2.22. The Hall–Kier alpha value is -1.55. The van der Waals surface area contributed by atoms with Crippen LogP contribution in [0.5, 0.6) is 0 Å². The van der Waals surface area contributed by atoms with Crippen LogP contribution in [0, 0.1) is 6.92 Å². The van der Waals surface area contributed by atoms with Gasteiger partial charge in [0.25, 0.3) is 0 Å². The average molecular weight is 209 g/mol. The number of halogens is 1. The van der Waals surface area contributed by atoms with Crippen molar-refractivity contribution in [3.05, 3.63) is 35.0 Å². The Morgan fingerprint density at radius 1 is 1.43 bits per heavy atom. The van der Waals surface area contributed by atoms with Crippen LogP contribution < -0.4 is 5.32 Å². The van der Waals surface area contributed by atoms with E-state index in [4.69, 9.17) is 11.6 Å². The molecule has 2 rings (SSSR count). The number of benzene rings is 1. The number of aromatic amines is 1. The van der Waals surface area contributed by atoms with Crippen LogP contribution in [0.4, 0.5) is 11.5 Å². The molecule has 1 aromatic carbocycles. The molecule has 2 N–H and O–H groups in total. The number of rotatable bonds is 2. The quantitative estimate of drug-likeness (QED) is 0.798. The minimum atomic E-state index is 0.700. The number of anilines is 2. The van der Waals surface area contributed by atoms with E-state index in [0.29, 0.717) is 5.02 Å². The van der Waals surface area contributed by atoms with Crippen molar-refractivity contribution in [2.45, 2.75) is 6.92 Å². The Morgan fingerprint density at radius 2 is 2.29 bits per heavy atom. The molecule has 0 saturated heterocycles. The van der Waals surface area contributed by atoms with Gasteiger partial charge in [-0.25, -0.2) is 5.10 Å². The number of hydrogen-bond acceptors (Lipinski definition) is 3. The van der Waals surface area contributed by atoms with E-state index in [2.05, 4.69) is 20.7 Å². The minimum Gasteiger partial charge on any atom is -0.339 e. The first-order valence-corrected chi connectivity index (χ1v) is 4.53. The predicted molar refractivity (Wildman–Crippen MR) is 55.9 cm³/mol. The van der Waals surface area contributed by atoms with Gasteiger partial charge in [0.15, 0.2) is 0 Å². The Kier molecular flexibility index (Phi) is 2.37. The Labute approximate surface area is 86.3 Å². The van der Waals surface area contributed by atoms with Crippen LogP contribution in [0.1, 0.15) is 5.56 Å². The van der Waals surface area contributed by atoms with Crippen molar-refractivity contribution in [1.29, 1.82) is 0 Å². The van der Waals surface area contributed by atoms with Crippen molar-refractivity contribution in [1.82, 2.24) is 15.4 Å². The summed E-state index contributed by atoms with van der Waals surface area (Å²) in [6.45, 7) is 2.00. The van der Waals surface area contributed by atoms with Gasteiger partial charge in [-0.3, -0.25) is 0 Å². The van der Waals surface area contributed by atoms with Gasteiger partial charge in [-0.2, -0.15) is 0 Å². The fourth-order valence-corrected chi connectivity index (χ4v) is 1.30. The third-order valence-electron chi connectivity index (χ3n) is 1.88. The lowest BCUT2D eigenvalue weighted by Crippen LogP contribution is -1.93. The van der Waals surface area contributed by atoms with Crippen LogP contribution in [-0.2, 0) is 0 Å². The molecule has 1 aromatic heterocycles. The van der Waals surface area contributed by atoms with E-state index in [1.165, 1.54) is 0 Å². The standard InChI is InChI=1S/C9H9ClN4/c1-6-2-3-7(10)4-8(6)12-9-5-11-14-13-9/h2-5H,1H3,(H2,11,12,13,14). The first kappa shape index (κ1) is 9.02. The molecule has 0 aliphatic rings. The van der Waals surface area contributed by atoms with Crippen molar-refractivity contribution in [3.8, 4) is 0 Å². The summed E-state index contributed by atoms with van der Waals surface area (Å²) in [6, 6.07) is 5.67. The lowest BCUT2D eigenvalue weighted by Gasteiger charge is -2.06. The summed E-state index contributed by atoms with van der Waals surface area (Å²) in [5.74, 6) is 0.746. The molecule has 0 bridgehead atoms. The number of nitrogens with one attached hydrogen (secondary N) is 2. The molecule has 0 atom stereocenters. The van der Waals surface area contributed by atoms with Gasteiger partial charge in [-0.15, -0.1) is 5.10 Å². The van der Waals surface area contributed by atoms with Gasteiger partial charge < -0.3 is 5.32 Å². The number of H-pyrrole nitrogens is 1. The summed E-state index contributed by atoms with van der Waals surface area (Å²) >= 11 is 5.88. The zero-order valence-corrected chi connectivity index (χ0v) is 8.34. The molecule has 0 radical (unpaired) electrons. The molecule has 14 heavy (non-hydrogen) atoms. The van der Waals surface area contributed by atoms with E-state index in [-0.39, 0.29) is 0 Å². The second-order valence-electron chi connectivity index (χ2n) is 2.95. The minimum absolute atomic E-state index is 0.700. The molecule has 0 unspecified atom stereocenters. The van der Waals surface area contributed by atoms with Crippen LogP contribution in [-0.4, -0.2) is 15.4 Å². The average Bonchev–Trinajstić information content (AvgIpc) is 2.64.